The molecule has 0 aliphatic carbocycles. The largest absolute Gasteiger partial charge is 0.360 e. The van der Waals surface area contributed by atoms with Crippen molar-refractivity contribution in [3.63, 3.8) is 0 Å². The minimum atomic E-state index is -0.463. The molecule has 1 spiro atoms. The first-order chi connectivity index (χ1) is 12.0. The summed E-state index contributed by atoms with van der Waals surface area (Å²) in [5.74, 6) is -0.390. The normalized spacial score (nSPS) is 23.7. The van der Waals surface area contributed by atoms with Gasteiger partial charge in [0.2, 0.25) is 0 Å². The highest BCUT2D eigenvalue weighted by Gasteiger charge is 2.44. The van der Waals surface area contributed by atoms with Gasteiger partial charge in [-0.3, -0.25) is 9.69 Å². The van der Waals surface area contributed by atoms with E-state index in [1.54, 1.807) is 0 Å². The predicted octanol–water partition coefficient (Wildman–Crippen LogP) is 2.30. The lowest BCUT2D eigenvalue weighted by molar-refractivity contribution is -0.189. The molecule has 6 heteroatoms. The number of morpholine rings is 1. The summed E-state index contributed by atoms with van der Waals surface area (Å²) in [4.78, 5) is 16.3. The fraction of sp³-hybridized carbons (Fsp3) is 0.579. The van der Waals surface area contributed by atoms with Gasteiger partial charge in [0.1, 0.15) is 18.0 Å². The zero-order chi connectivity index (χ0) is 18.0. The summed E-state index contributed by atoms with van der Waals surface area (Å²) in [6, 6.07) is 6.63. The number of ether oxygens (including phenoxy) is 1. The van der Waals surface area contributed by atoms with E-state index in [4.69, 9.17) is 10.00 Å². The zero-order valence-electron chi connectivity index (χ0n) is 14.8. The lowest BCUT2D eigenvalue weighted by Crippen LogP contribution is -2.61. The van der Waals surface area contributed by atoms with Crippen molar-refractivity contribution in [3.8, 4) is 6.07 Å². The highest BCUT2D eigenvalue weighted by Crippen LogP contribution is 2.33. The van der Waals surface area contributed by atoms with Crippen LogP contribution in [0.25, 0.3) is 0 Å². The zero-order valence-corrected chi connectivity index (χ0v) is 14.8. The van der Waals surface area contributed by atoms with E-state index in [1.807, 2.05) is 30.9 Å². The van der Waals surface area contributed by atoms with Crippen LogP contribution in [0, 0.1) is 17.1 Å². The van der Waals surface area contributed by atoms with E-state index in [0.717, 1.165) is 31.5 Å². The van der Waals surface area contributed by atoms with Crippen LogP contribution >= 0.6 is 0 Å². The van der Waals surface area contributed by atoms with Gasteiger partial charge in [-0.2, -0.15) is 5.26 Å². The Bertz CT molecular complexity index is 692. The van der Waals surface area contributed by atoms with E-state index in [-0.39, 0.29) is 23.2 Å². The Kier molecular flexibility index (Phi) is 5.07. The summed E-state index contributed by atoms with van der Waals surface area (Å²) in [5, 5.41) is 8.81. The first-order valence-electron chi connectivity index (χ1n) is 8.84. The minimum Gasteiger partial charge on any atom is -0.360 e. The number of likely N-dealkylation sites (N-methyl/N-ethyl adjacent to an activating group) is 1. The number of nitriles is 1. The van der Waals surface area contributed by atoms with Gasteiger partial charge in [0, 0.05) is 32.7 Å². The maximum absolute atomic E-state index is 13.8. The number of hydrogen-bond donors (Lipinski definition) is 0. The average Bonchev–Trinajstić information content (AvgIpc) is 2.60. The monoisotopic (exact) mass is 345 g/mol. The molecule has 1 amide bonds. The molecule has 0 radical (unpaired) electrons. The molecular weight excluding hydrogens is 321 g/mol. The van der Waals surface area contributed by atoms with Crippen LogP contribution in [0.1, 0.15) is 37.8 Å². The lowest BCUT2D eigenvalue weighted by atomic mass is 9.88. The van der Waals surface area contributed by atoms with Crippen molar-refractivity contribution in [2.24, 2.45) is 0 Å². The number of piperidine rings is 1. The summed E-state index contributed by atoms with van der Waals surface area (Å²) in [7, 11) is 0. The molecule has 1 aromatic carbocycles. The van der Waals surface area contributed by atoms with Crippen molar-refractivity contribution in [3.05, 3.63) is 35.1 Å². The predicted molar refractivity (Wildman–Crippen MR) is 91.2 cm³/mol. The van der Waals surface area contributed by atoms with E-state index < -0.39 is 5.82 Å². The van der Waals surface area contributed by atoms with Crippen molar-refractivity contribution in [1.82, 2.24) is 9.80 Å². The van der Waals surface area contributed by atoms with E-state index in [0.29, 0.717) is 19.6 Å². The second-order valence-corrected chi connectivity index (χ2v) is 7.00. The molecule has 0 unspecified atom stereocenters. The number of likely N-dealkylation sites (tertiary alicyclic amines) is 1. The second-order valence-electron chi connectivity index (χ2n) is 7.00. The van der Waals surface area contributed by atoms with Gasteiger partial charge in [-0.1, -0.05) is 6.07 Å². The number of rotatable bonds is 3. The van der Waals surface area contributed by atoms with Gasteiger partial charge in [-0.05, 0) is 44.4 Å². The van der Waals surface area contributed by atoms with Crippen LogP contribution < -0.4 is 0 Å². The molecular formula is C19H24FN3O2. The molecule has 2 aliphatic heterocycles. The summed E-state index contributed by atoms with van der Waals surface area (Å²) in [6.45, 7) is 7.55. The Morgan fingerprint density at radius 3 is 2.72 bits per heavy atom. The van der Waals surface area contributed by atoms with Gasteiger partial charge in [0.15, 0.2) is 0 Å². The molecule has 1 aromatic rings. The van der Waals surface area contributed by atoms with E-state index in [1.165, 1.54) is 12.1 Å². The van der Waals surface area contributed by atoms with Gasteiger partial charge in [-0.25, -0.2) is 4.39 Å². The number of benzene rings is 1. The average molecular weight is 345 g/mol. The Hall–Kier alpha value is -1.97. The molecule has 2 fully saturated rings. The molecule has 2 heterocycles. The summed E-state index contributed by atoms with van der Waals surface area (Å²) in [6.07, 6.45) is 1.34. The van der Waals surface area contributed by atoms with Crippen LogP contribution in [0.2, 0.25) is 0 Å². The van der Waals surface area contributed by atoms with Crippen molar-refractivity contribution >= 4 is 5.91 Å². The van der Waals surface area contributed by atoms with Crippen LogP contribution in [0.15, 0.2) is 18.2 Å². The van der Waals surface area contributed by atoms with Gasteiger partial charge < -0.3 is 9.64 Å². The quantitative estimate of drug-likeness (QED) is 0.843. The third kappa shape index (κ3) is 3.68. The third-order valence-electron chi connectivity index (χ3n) is 5.27. The molecule has 0 aromatic heterocycles. The Labute approximate surface area is 148 Å². The molecule has 0 saturated carbocycles. The molecule has 0 N–H and O–H groups in total. The molecule has 5 nitrogen and oxygen atoms in total. The van der Waals surface area contributed by atoms with Crippen LogP contribution in [-0.2, 0) is 16.1 Å². The first kappa shape index (κ1) is 17.8. The Morgan fingerprint density at radius 1 is 1.40 bits per heavy atom. The number of nitrogens with zero attached hydrogens (tertiary/aromatic N) is 3. The van der Waals surface area contributed by atoms with Gasteiger partial charge in [-0.15, -0.1) is 0 Å². The van der Waals surface area contributed by atoms with Crippen LogP contribution in [0.4, 0.5) is 4.39 Å². The number of amides is 1. The van der Waals surface area contributed by atoms with E-state index in [9.17, 15) is 9.18 Å². The van der Waals surface area contributed by atoms with Crippen LogP contribution in [-0.4, -0.2) is 53.6 Å². The fourth-order valence-corrected chi connectivity index (χ4v) is 3.81. The summed E-state index contributed by atoms with van der Waals surface area (Å²) in [5.41, 5.74) is 0.696. The van der Waals surface area contributed by atoms with E-state index in [2.05, 4.69) is 4.90 Å². The Balaban J connectivity index is 1.61. The maximum atomic E-state index is 13.8. The number of halogens is 1. The van der Waals surface area contributed by atoms with Crippen molar-refractivity contribution in [1.29, 1.82) is 5.26 Å². The summed E-state index contributed by atoms with van der Waals surface area (Å²) >= 11 is 0. The number of carbonyl (C=O) groups excluding carboxylic acids is 1. The molecule has 2 saturated heterocycles. The molecule has 1 atom stereocenters. The second kappa shape index (κ2) is 7.11. The molecule has 2 aliphatic rings. The lowest BCUT2D eigenvalue weighted by Gasteiger charge is -2.49. The minimum absolute atomic E-state index is 0.0728. The molecule has 3 rings (SSSR count). The number of carbonyl (C=O) groups is 1. The van der Waals surface area contributed by atoms with Crippen molar-refractivity contribution < 1.29 is 13.9 Å². The standard InChI is InChI=1S/C19H24FN3O2/c1-3-23-13-19(25-14(2)18(23)24)6-8-22(9-7-19)12-15-4-5-16(11-21)17(20)10-15/h4-5,10,14H,3,6-9,12-13H2,1-2H3/t14-/m0/s1. The molecule has 134 valence electrons. The number of hydrogen-bond acceptors (Lipinski definition) is 4. The smallest absolute Gasteiger partial charge is 0.251 e. The Morgan fingerprint density at radius 2 is 2.12 bits per heavy atom. The topological polar surface area (TPSA) is 56.6 Å². The summed E-state index contributed by atoms with van der Waals surface area (Å²) < 4.78 is 19.8. The third-order valence-corrected chi connectivity index (χ3v) is 5.27. The first-order valence-corrected chi connectivity index (χ1v) is 8.84. The van der Waals surface area contributed by atoms with Gasteiger partial charge in [0.25, 0.3) is 5.91 Å². The SMILES string of the molecule is CCN1CC2(CCN(Cc3ccc(C#N)c(F)c3)CC2)O[C@@H](C)C1=O. The fourth-order valence-electron chi connectivity index (χ4n) is 3.81. The van der Waals surface area contributed by atoms with Gasteiger partial charge in [0.05, 0.1) is 11.2 Å². The van der Waals surface area contributed by atoms with Gasteiger partial charge >= 0.3 is 0 Å². The molecule has 0 bridgehead atoms. The molecule has 25 heavy (non-hydrogen) atoms. The highest BCUT2D eigenvalue weighted by atomic mass is 19.1. The van der Waals surface area contributed by atoms with Crippen LogP contribution in [0.5, 0.6) is 0 Å². The van der Waals surface area contributed by atoms with Crippen LogP contribution in [0.3, 0.4) is 0 Å². The highest BCUT2D eigenvalue weighted by molar-refractivity contribution is 5.81. The maximum Gasteiger partial charge on any atom is 0.251 e. The van der Waals surface area contributed by atoms with E-state index >= 15 is 0 Å². The van der Waals surface area contributed by atoms with Crippen molar-refractivity contribution in [2.75, 3.05) is 26.2 Å². The van der Waals surface area contributed by atoms with Crippen molar-refractivity contribution in [2.45, 2.75) is 44.9 Å².